The first-order chi connectivity index (χ1) is 10.2. The van der Waals surface area contributed by atoms with Gasteiger partial charge in [0.2, 0.25) is 0 Å². The first-order valence-electron chi connectivity index (χ1n) is 8.89. The molecule has 120 valence electrons. The van der Waals surface area contributed by atoms with Crippen LogP contribution in [0.25, 0.3) is 0 Å². The molecule has 1 unspecified atom stereocenters. The summed E-state index contributed by atoms with van der Waals surface area (Å²) in [4.78, 5) is 14.7. The predicted octanol–water partition coefficient (Wildman–Crippen LogP) is 2.18. The number of nitrogens with one attached hydrogen (secondary N) is 1. The smallest absolute Gasteiger partial charge is 0.323 e. The van der Waals surface area contributed by atoms with Gasteiger partial charge < -0.3 is 15.0 Å². The van der Waals surface area contributed by atoms with E-state index in [2.05, 4.69) is 10.2 Å². The van der Waals surface area contributed by atoms with Crippen molar-refractivity contribution < 1.29 is 9.53 Å². The molecule has 3 rings (SSSR count). The van der Waals surface area contributed by atoms with E-state index in [1.54, 1.807) is 0 Å². The Morgan fingerprint density at radius 2 is 1.76 bits per heavy atom. The first-order valence-corrected chi connectivity index (χ1v) is 8.89. The van der Waals surface area contributed by atoms with Crippen LogP contribution in [0, 0.1) is 11.8 Å². The Kier molecular flexibility index (Phi) is 5.17. The highest BCUT2D eigenvalue weighted by Crippen LogP contribution is 2.33. The zero-order valence-corrected chi connectivity index (χ0v) is 13.4. The zero-order chi connectivity index (χ0) is 14.7. The van der Waals surface area contributed by atoms with E-state index in [0.717, 1.165) is 24.8 Å². The van der Waals surface area contributed by atoms with Gasteiger partial charge in [0.1, 0.15) is 6.04 Å². The van der Waals surface area contributed by atoms with Crippen LogP contribution < -0.4 is 5.32 Å². The molecule has 0 aromatic heterocycles. The second-order valence-corrected chi connectivity index (χ2v) is 7.18. The average molecular weight is 294 g/mol. The summed E-state index contributed by atoms with van der Waals surface area (Å²) < 4.78 is 5.23. The molecule has 0 bridgehead atoms. The molecule has 3 fully saturated rings. The maximum absolute atomic E-state index is 12.1. The van der Waals surface area contributed by atoms with Gasteiger partial charge in [0, 0.05) is 25.7 Å². The summed E-state index contributed by atoms with van der Waals surface area (Å²) >= 11 is 0. The highest BCUT2D eigenvalue weighted by molar-refractivity contribution is 5.75. The fourth-order valence-corrected chi connectivity index (χ4v) is 2.95. The molecular formula is C17H30N2O2. The third kappa shape index (κ3) is 5.59. The molecule has 4 nitrogen and oxygen atoms in total. The molecule has 1 N–H and O–H groups in total. The summed E-state index contributed by atoms with van der Waals surface area (Å²) in [6, 6.07) is 0.457. The van der Waals surface area contributed by atoms with E-state index in [4.69, 9.17) is 4.74 Å². The number of hydrogen-bond donors (Lipinski definition) is 1. The molecule has 0 radical (unpaired) electrons. The number of rotatable bonds is 11. The highest BCUT2D eigenvalue weighted by atomic mass is 16.5. The molecule has 4 heteroatoms. The fraction of sp³-hybridized carbons (Fsp3) is 0.941. The van der Waals surface area contributed by atoms with Crippen molar-refractivity contribution in [2.75, 3.05) is 26.2 Å². The minimum absolute atomic E-state index is 0.0535. The number of carbonyl (C=O) groups is 1. The summed E-state index contributed by atoms with van der Waals surface area (Å²) in [5, 5.41) is 3.47. The molecule has 0 aliphatic heterocycles. The molecule has 0 saturated heterocycles. The lowest BCUT2D eigenvalue weighted by atomic mass is 10.1. The third-order valence-corrected chi connectivity index (χ3v) is 4.75. The van der Waals surface area contributed by atoms with E-state index < -0.39 is 0 Å². The molecule has 3 aliphatic rings. The lowest BCUT2D eigenvalue weighted by molar-refractivity contribution is -0.146. The second-order valence-electron chi connectivity index (χ2n) is 7.18. The van der Waals surface area contributed by atoms with Crippen molar-refractivity contribution in [3.63, 3.8) is 0 Å². The topological polar surface area (TPSA) is 41.6 Å². The number of esters is 1. The van der Waals surface area contributed by atoms with Crippen molar-refractivity contribution in [3.8, 4) is 0 Å². The lowest BCUT2D eigenvalue weighted by Crippen LogP contribution is -2.42. The maximum atomic E-state index is 12.1. The first kappa shape index (κ1) is 15.3. The Bertz CT molecular complexity index is 335. The van der Waals surface area contributed by atoms with E-state index in [0.29, 0.717) is 12.6 Å². The summed E-state index contributed by atoms with van der Waals surface area (Å²) in [6.45, 7) is 5.90. The van der Waals surface area contributed by atoms with E-state index in [1.165, 1.54) is 51.6 Å². The van der Waals surface area contributed by atoms with Gasteiger partial charge in [0.05, 0.1) is 6.61 Å². The van der Waals surface area contributed by atoms with E-state index in [1.807, 2.05) is 6.92 Å². The molecule has 21 heavy (non-hydrogen) atoms. The van der Waals surface area contributed by atoms with Gasteiger partial charge in [-0.15, -0.1) is 0 Å². The average Bonchev–Trinajstić information content (AvgIpc) is 3.30. The van der Waals surface area contributed by atoms with Crippen molar-refractivity contribution in [2.24, 2.45) is 11.8 Å². The molecule has 0 heterocycles. The van der Waals surface area contributed by atoms with Crippen LogP contribution in [0.15, 0.2) is 0 Å². The van der Waals surface area contributed by atoms with Crippen molar-refractivity contribution >= 4 is 5.97 Å². The quantitative estimate of drug-likeness (QED) is 0.593. The van der Waals surface area contributed by atoms with Gasteiger partial charge in [-0.25, -0.2) is 0 Å². The van der Waals surface area contributed by atoms with E-state index in [9.17, 15) is 4.79 Å². The maximum Gasteiger partial charge on any atom is 0.323 e. The molecular weight excluding hydrogens is 264 g/mol. The molecule has 0 spiro atoms. The fourth-order valence-electron chi connectivity index (χ4n) is 2.95. The van der Waals surface area contributed by atoms with Gasteiger partial charge >= 0.3 is 5.97 Å². The Labute approximate surface area is 128 Å². The molecule has 3 aliphatic carbocycles. The van der Waals surface area contributed by atoms with Crippen molar-refractivity contribution in [3.05, 3.63) is 0 Å². The Morgan fingerprint density at radius 3 is 2.24 bits per heavy atom. The summed E-state index contributed by atoms with van der Waals surface area (Å²) in [5.74, 6) is 1.81. The standard InChI is InChI=1S/C17H30N2O2/c1-2-21-17(20)16(18-15-7-8-15)9-10-19(11-13-3-4-13)12-14-5-6-14/h13-16,18H,2-12H2,1H3. The van der Waals surface area contributed by atoms with Crippen molar-refractivity contribution in [2.45, 2.75) is 64.0 Å². The lowest BCUT2D eigenvalue weighted by Gasteiger charge is -2.25. The number of hydrogen-bond acceptors (Lipinski definition) is 4. The Hall–Kier alpha value is -0.610. The largest absolute Gasteiger partial charge is 0.465 e. The van der Waals surface area contributed by atoms with Gasteiger partial charge in [-0.1, -0.05) is 0 Å². The van der Waals surface area contributed by atoms with Gasteiger partial charge in [-0.2, -0.15) is 0 Å². The van der Waals surface area contributed by atoms with Gasteiger partial charge in [-0.3, -0.25) is 4.79 Å². The summed E-state index contributed by atoms with van der Waals surface area (Å²) in [5.41, 5.74) is 0. The number of ether oxygens (including phenoxy) is 1. The van der Waals surface area contributed by atoms with Crippen LogP contribution in [-0.2, 0) is 9.53 Å². The highest BCUT2D eigenvalue weighted by Gasteiger charge is 2.32. The normalized spacial score (nSPS) is 23.3. The van der Waals surface area contributed by atoms with Crippen LogP contribution in [-0.4, -0.2) is 49.2 Å². The van der Waals surface area contributed by atoms with Gasteiger partial charge in [0.25, 0.3) is 0 Å². The molecule has 3 saturated carbocycles. The minimum atomic E-state index is -0.0987. The Balaban J connectivity index is 1.45. The second kappa shape index (κ2) is 7.10. The van der Waals surface area contributed by atoms with Crippen LogP contribution in [0.5, 0.6) is 0 Å². The van der Waals surface area contributed by atoms with Gasteiger partial charge in [0.15, 0.2) is 0 Å². The van der Waals surface area contributed by atoms with Crippen molar-refractivity contribution in [1.82, 2.24) is 10.2 Å². The van der Waals surface area contributed by atoms with Gasteiger partial charge in [-0.05, 0) is 63.7 Å². The number of nitrogens with zero attached hydrogens (tertiary/aromatic N) is 1. The van der Waals surface area contributed by atoms with Crippen LogP contribution in [0.3, 0.4) is 0 Å². The van der Waals surface area contributed by atoms with Crippen LogP contribution >= 0.6 is 0 Å². The summed E-state index contributed by atoms with van der Waals surface area (Å²) in [6.07, 6.45) is 8.94. The molecule has 0 aromatic rings. The SMILES string of the molecule is CCOC(=O)C(CCN(CC1CC1)CC1CC1)NC1CC1. The van der Waals surface area contributed by atoms with Crippen molar-refractivity contribution in [1.29, 1.82) is 0 Å². The minimum Gasteiger partial charge on any atom is -0.465 e. The van der Waals surface area contributed by atoms with E-state index >= 15 is 0 Å². The molecule has 0 amide bonds. The predicted molar refractivity (Wildman–Crippen MR) is 83.1 cm³/mol. The Morgan fingerprint density at radius 1 is 1.14 bits per heavy atom. The van der Waals surface area contributed by atoms with Crippen LogP contribution in [0.2, 0.25) is 0 Å². The molecule has 0 aromatic carbocycles. The van der Waals surface area contributed by atoms with E-state index in [-0.39, 0.29) is 12.0 Å². The zero-order valence-electron chi connectivity index (χ0n) is 13.4. The van der Waals surface area contributed by atoms with Crippen LogP contribution in [0.1, 0.15) is 51.9 Å². The third-order valence-electron chi connectivity index (χ3n) is 4.75. The monoisotopic (exact) mass is 294 g/mol. The molecule has 1 atom stereocenters. The van der Waals surface area contributed by atoms with Crippen LogP contribution in [0.4, 0.5) is 0 Å². The summed E-state index contributed by atoms with van der Waals surface area (Å²) in [7, 11) is 0. The number of carbonyl (C=O) groups excluding carboxylic acids is 1.